The number of nitrogens with zero attached hydrogens (tertiary/aromatic N) is 3. The Morgan fingerprint density at radius 1 is 1.40 bits per heavy atom. The Morgan fingerprint density at radius 3 is 3.00 bits per heavy atom. The summed E-state index contributed by atoms with van der Waals surface area (Å²) in [5, 5.41) is 10.8. The van der Waals surface area contributed by atoms with E-state index in [9.17, 15) is 0 Å². The molecule has 3 aromatic heterocycles. The lowest BCUT2D eigenvalue weighted by molar-refractivity contribution is 0.966. The number of anilines is 2. The van der Waals surface area contributed by atoms with Crippen LogP contribution in [0.5, 0.6) is 0 Å². The quantitative estimate of drug-likeness (QED) is 0.622. The van der Waals surface area contributed by atoms with Crippen molar-refractivity contribution in [3.05, 3.63) is 46.6 Å². The number of hydrogen-bond acceptors (Lipinski definition) is 6. The van der Waals surface area contributed by atoms with E-state index in [2.05, 4.69) is 26.6 Å². The third-order valence-corrected chi connectivity index (χ3v) is 5.21. The van der Waals surface area contributed by atoms with Crippen LogP contribution in [0.3, 0.4) is 0 Å². The Balaban J connectivity index is 1.65. The zero-order chi connectivity index (χ0) is 17.2. The smallest absolute Gasteiger partial charge is 0.171 e. The number of aromatic nitrogens is 4. The summed E-state index contributed by atoms with van der Waals surface area (Å²) >= 11 is 1.62. The Morgan fingerprint density at radius 2 is 2.28 bits per heavy atom. The van der Waals surface area contributed by atoms with Crippen molar-refractivity contribution < 1.29 is 0 Å². The van der Waals surface area contributed by atoms with E-state index in [1.54, 1.807) is 11.3 Å². The predicted molar refractivity (Wildman–Crippen MR) is 102 cm³/mol. The Labute approximate surface area is 150 Å². The summed E-state index contributed by atoms with van der Waals surface area (Å²) in [5.74, 6) is 2.86. The number of rotatable bonds is 6. The van der Waals surface area contributed by atoms with E-state index in [1.807, 2.05) is 37.4 Å². The first-order valence-corrected chi connectivity index (χ1v) is 9.19. The van der Waals surface area contributed by atoms with Crippen molar-refractivity contribution >= 4 is 29.0 Å². The van der Waals surface area contributed by atoms with E-state index >= 15 is 0 Å². The minimum Gasteiger partial charge on any atom is -0.326 e. The van der Waals surface area contributed by atoms with Gasteiger partial charge in [0.15, 0.2) is 11.6 Å². The number of nitrogens with one attached hydrogen (secondary N) is 2. The third kappa shape index (κ3) is 3.47. The molecule has 1 aliphatic rings. The number of allylic oxidation sites excluding steroid dienone is 1. The predicted octanol–water partition coefficient (Wildman–Crippen LogP) is 4.04. The highest BCUT2D eigenvalue weighted by Gasteiger charge is 2.25. The van der Waals surface area contributed by atoms with Crippen molar-refractivity contribution in [3.63, 3.8) is 0 Å². The molecule has 1 fully saturated rings. The van der Waals surface area contributed by atoms with Gasteiger partial charge in [0.1, 0.15) is 5.82 Å². The van der Waals surface area contributed by atoms with Gasteiger partial charge in [0.2, 0.25) is 0 Å². The molecule has 0 atom stereocenters. The van der Waals surface area contributed by atoms with Crippen LogP contribution in [0.2, 0.25) is 0 Å². The molecule has 0 amide bonds. The monoisotopic (exact) mass is 352 g/mol. The molecule has 3 heterocycles. The molecule has 1 aliphatic carbocycles. The number of thiophene rings is 1. The van der Waals surface area contributed by atoms with Gasteiger partial charge >= 0.3 is 0 Å². The molecular formula is C18H20N6S. The molecule has 1 saturated carbocycles. The van der Waals surface area contributed by atoms with Crippen molar-refractivity contribution in [1.82, 2.24) is 20.2 Å². The molecule has 6 nitrogen and oxygen atoms in total. The highest BCUT2D eigenvalue weighted by molar-refractivity contribution is 7.15. The first-order chi connectivity index (χ1) is 12.3. The molecular weight excluding hydrogens is 332 g/mol. The standard InChI is InChI=1S/C18H20N6S/c1-2-3-12-10-20-18(15-7-6-13(9-19)25-15)22-17(12)21-16-8-14(23-24-16)11-4-5-11/h2-3,6-8,10-11H,4-5,9,19H2,1H3,(H2,20,21,22,23,24). The van der Waals surface area contributed by atoms with E-state index in [-0.39, 0.29) is 0 Å². The highest BCUT2D eigenvalue weighted by atomic mass is 32.1. The van der Waals surface area contributed by atoms with Gasteiger partial charge in [0, 0.05) is 40.9 Å². The summed E-state index contributed by atoms with van der Waals surface area (Å²) in [6.45, 7) is 2.51. The molecule has 25 heavy (non-hydrogen) atoms. The van der Waals surface area contributed by atoms with Crippen LogP contribution < -0.4 is 11.1 Å². The maximum Gasteiger partial charge on any atom is 0.171 e. The van der Waals surface area contributed by atoms with Crippen LogP contribution in [0.25, 0.3) is 16.8 Å². The minimum absolute atomic E-state index is 0.531. The van der Waals surface area contributed by atoms with Gasteiger partial charge < -0.3 is 11.1 Å². The second kappa shape index (κ2) is 6.78. The molecule has 0 radical (unpaired) electrons. The SMILES string of the molecule is CC=Cc1cnc(-c2ccc(CN)s2)nc1Nc1cc(C2CC2)[nH]n1. The Hall–Kier alpha value is -2.51. The normalized spacial score (nSPS) is 14.3. The second-order valence-corrected chi connectivity index (χ2v) is 7.24. The van der Waals surface area contributed by atoms with Crippen molar-refractivity contribution in [2.75, 3.05) is 5.32 Å². The Bertz CT molecular complexity index is 906. The molecule has 7 heteroatoms. The Kier molecular flexibility index (Phi) is 4.33. The molecule has 0 aliphatic heterocycles. The summed E-state index contributed by atoms with van der Waals surface area (Å²) in [4.78, 5) is 11.3. The molecule has 0 aromatic carbocycles. The van der Waals surface area contributed by atoms with Crippen LogP contribution in [0.15, 0.2) is 30.5 Å². The number of nitrogens with two attached hydrogens (primary N) is 1. The molecule has 128 valence electrons. The maximum atomic E-state index is 5.71. The molecule has 0 bridgehead atoms. The van der Waals surface area contributed by atoms with E-state index in [4.69, 9.17) is 10.7 Å². The van der Waals surface area contributed by atoms with Crippen molar-refractivity contribution in [2.24, 2.45) is 5.73 Å². The second-order valence-electron chi connectivity index (χ2n) is 6.08. The van der Waals surface area contributed by atoms with E-state index in [1.165, 1.54) is 18.5 Å². The largest absolute Gasteiger partial charge is 0.326 e. The zero-order valence-corrected chi connectivity index (χ0v) is 14.8. The molecule has 4 N–H and O–H groups in total. The molecule has 4 rings (SSSR count). The molecule has 3 aromatic rings. The van der Waals surface area contributed by atoms with Gasteiger partial charge in [-0.15, -0.1) is 11.3 Å². The number of hydrogen-bond donors (Lipinski definition) is 3. The van der Waals surface area contributed by atoms with Gasteiger partial charge in [-0.2, -0.15) is 5.10 Å². The molecule has 0 spiro atoms. The van der Waals surface area contributed by atoms with Gasteiger partial charge in [-0.25, -0.2) is 9.97 Å². The molecule has 0 saturated heterocycles. The summed E-state index contributed by atoms with van der Waals surface area (Å²) < 4.78 is 0. The van der Waals surface area contributed by atoms with Crippen molar-refractivity contribution in [3.8, 4) is 10.7 Å². The van der Waals surface area contributed by atoms with Crippen LogP contribution in [0, 0.1) is 0 Å². The first-order valence-electron chi connectivity index (χ1n) is 8.38. The lowest BCUT2D eigenvalue weighted by Crippen LogP contribution is -2.00. The van der Waals surface area contributed by atoms with Gasteiger partial charge in [-0.3, -0.25) is 5.10 Å². The fourth-order valence-electron chi connectivity index (χ4n) is 2.64. The number of H-pyrrole nitrogens is 1. The van der Waals surface area contributed by atoms with Crippen LogP contribution in [0.1, 0.15) is 41.8 Å². The van der Waals surface area contributed by atoms with E-state index < -0.39 is 0 Å². The lowest BCUT2D eigenvalue weighted by Gasteiger charge is -2.07. The average molecular weight is 352 g/mol. The topological polar surface area (TPSA) is 92.5 Å². The molecule has 0 unspecified atom stereocenters. The average Bonchev–Trinajstić information content (AvgIpc) is 3.18. The van der Waals surface area contributed by atoms with Gasteiger partial charge in [-0.05, 0) is 31.9 Å². The van der Waals surface area contributed by atoms with Crippen LogP contribution in [0.4, 0.5) is 11.6 Å². The summed E-state index contributed by atoms with van der Waals surface area (Å²) in [5.41, 5.74) is 7.82. The van der Waals surface area contributed by atoms with Crippen LogP contribution in [-0.2, 0) is 6.54 Å². The van der Waals surface area contributed by atoms with Gasteiger partial charge in [0.05, 0.1) is 4.88 Å². The first kappa shape index (κ1) is 16.0. The summed E-state index contributed by atoms with van der Waals surface area (Å²) in [7, 11) is 0. The third-order valence-electron chi connectivity index (χ3n) is 4.11. The lowest BCUT2D eigenvalue weighted by atomic mass is 10.2. The fourth-order valence-corrected chi connectivity index (χ4v) is 3.47. The number of aromatic amines is 1. The summed E-state index contributed by atoms with van der Waals surface area (Å²) in [6.07, 6.45) is 8.28. The fraction of sp³-hybridized carbons (Fsp3) is 0.278. The van der Waals surface area contributed by atoms with Crippen molar-refractivity contribution in [1.29, 1.82) is 0 Å². The zero-order valence-electron chi connectivity index (χ0n) is 14.0. The van der Waals surface area contributed by atoms with Gasteiger partial charge in [0.25, 0.3) is 0 Å². The van der Waals surface area contributed by atoms with Gasteiger partial charge in [-0.1, -0.05) is 12.2 Å². The van der Waals surface area contributed by atoms with Crippen LogP contribution >= 0.6 is 11.3 Å². The summed E-state index contributed by atoms with van der Waals surface area (Å²) in [6, 6.07) is 6.10. The van der Waals surface area contributed by atoms with E-state index in [0.717, 1.165) is 27.0 Å². The van der Waals surface area contributed by atoms with E-state index in [0.29, 0.717) is 18.3 Å². The highest BCUT2D eigenvalue weighted by Crippen LogP contribution is 2.39. The maximum absolute atomic E-state index is 5.71. The van der Waals surface area contributed by atoms with Crippen LogP contribution in [-0.4, -0.2) is 20.2 Å². The van der Waals surface area contributed by atoms with Crippen molar-refractivity contribution in [2.45, 2.75) is 32.2 Å². The minimum atomic E-state index is 0.531.